The van der Waals surface area contributed by atoms with Crippen LogP contribution >= 0.6 is 0 Å². The molecule has 0 radical (unpaired) electrons. The zero-order valence-corrected chi connectivity index (χ0v) is 14.0. The second-order valence-electron chi connectivity index (χ2n) is 5.77. The average molecular weight is 318 g/mol. The van der Waals surface area contributed by atoms with E-state index in [0.29, 0.717) is 39.1 Å². The molecule has 0 aromatic heterocycles. The van der Waals surface area contributed by atoms with Crippen LogP contribution in [0.15, 0.2) is 24.3 Å². The van der Waals surface area contributed by atoms with Crippen molar-refractivity contribution in [3.05, 3.63) is 29.8 Å². The molecule has 23 heavy (non-hydrogen) atoms. The Kier molecular flexibility index (Phi) is 6.44. The number of likely N-dealkylation sites (tertiary alicyclic amines) is 1. The van der Waals surface area contributed by atoms with E-state index in [2.05, 4.69) is 18.3 Å². The Bertz CT molecular complexity index is 537. The monoisotopic (exact) mass is 318 g/mol. The third-order valence-electron chi connectivity index (χ3n) is 4.30. The molecule has 1 aromatic carbocycles. The molecule has 5 nitrogen and oxygen atoms in total. The molecule has 1 aliphatic rings. The van der Waals surface area contributed by atoms with Crippen LogP contribution in [-0.2, 0) is 20.7 Å². The maximum absolute atomic E-state index is 12.3. The molecule has 0 saturated carbocycles. The quantitative estimate of drug-likeness (QED) is 0.819. The van der Waals surface area contributed by atoms with Crippen molar-refractivity contribution < 1.29 is 14.3 Å². The highest BCUT2D eigenvalue weighted by Gasteiger charge is 2.27. The fourth-order valence-corrected chi connectivity index (χ4v) is 2.91. The lowest BCUT2D eigenvalue weighted by atomic mass is 9.97. The van der Waals surface area contributed by atoms with Crippen LogP contribution in [0.1, 0.15) is 32.3 Å². The van der Waals surface area contributed by atoms with E-state index in [1.165, 1.54) is 5.56 Å². The van der Waals surface area contributed by atoms with Gasteiger partial charge in [0.05, 0.1) is 19.1 Å². The third-order valence-corrected chi connectivity index (χ3v) is 4.30. The minimum absolute atomic E-state index is 0.0622. The number of aryl methyl sites for hydroxylation is 1. The van der Waals surface area contributed by atoms with Gasteiger partial charge in [-0.2, -0.15) is 0 Å². The molecule has 0 spiro atoms. The van der Waals surface area contributed by atoms with Crippen molar-refractivity contribution in [2.24, 2.45) is 5.92 Å². The number of ether oxygens (including phenoxy) is 1. The molecule has 1 aliphatic heterocycles. The Morgan fingerprint density at radius 2 is 1.91 bits per heavy atom. The van der Waals surface area contributed by atoms with Crippen molar-refractivity contribution in [2.45, 2.75) is 33.1 Å². The van der Waals surface area contributed by atoms with Crippen LogP contribution in [0.3, 0.4) is 0 Å². The number of hydrogen-bond acceptors (Lipinski definition) is 4. The summed E-state index contributed by atoms with van der Waals surface area (Å²) < 4.78 is 5.05. The minimum atomic E-state index is -0.130. The Morgan fingerprint density at radius 3 is 2.57 bits per heavy atom. The first-order valence-electron chi connectivity index (χ1n) is 8.41. The highest BCUT2D eigenvalue weighted by molar-refractivity contribution is 5.81. The highest BCUT2D eigenvalue weighted by Crippen LogP contribution is 2.19. The number of nitrogens with zero attached hydrogens (tertiary/aromatic N) is 1. The topological polar surface area (TPSA) is 58.6 Å². The lowest BCUT2D eigenvalue weighted by Crippen LogP contribution is -2.43. The molecule has 1 aromatic rings. The normalized spacial score (nSPS) is 15.3. The molecule has 1 saturated heterocycles. The molecular formula is C18H26N2O3. The number of piperidine rings is 1. The second-order valence-corrected chi connectivity index (χ2v) is 5.77. The summed E-state index contributed by atoms with van der Waals surface area (Å²) in [5, 5.41) is 3.23. The number of anilines is 1. The van der Waals surface area contributed by atoms with Gasteiger partial charge in [0.15, 0.2) is 0 Å². The van der Waals surface area contributed by atoms with Gasteiger partial charge in [0.1, 0.15) is 0 Å². The SMILES string of the molecule is CCOC(=O)C1CCN(C(=O)CNc2ccccc2CC)CC1. The number of esters is 1. The summed E-state index contributed by atoms with van der Waals surface area (Å²) in [6, 6.07) is 8.04. The highest BCUT2D eigenvalue weighted by atomic mass is 16.5. The molecule has 5 heteroatoms. The number of carbonyl (C=O) groups excluding carboxylic acids is 2. The molecule has 0 unspecified atom stereocenters. The predicted octanol–water partition coefficient (Wildman–Crippen LogP) is 2.46. The number of amides is 1. The smallest absolute Gasteiger partial charge is 0.309 e. The van der Waals surface area contributed by atoms with Crippen LogP contribution in [0.4, 0.5) is 5.69 Å². The average Bonchev–Trinajstić information content (AvgIpc) is 2.60. The number of hydrogen-bond donors (Lipinski definition) is 1. The molecule has 0 aliphatic carbocycles. The molecule has 1 heterocycles. The first-order valence-corrected chi connectivity index (χ1v) is 8.41. The van der Waals surface area contributed by atoms with Crippen molar-refractivity contribution >= 4 is 17.6 Å². The molecule has 1 amide bonds. The van der Waals surface area contributed by atoms with Crippen molar-refractivity contribution in [3.63, 3.8) is 0 Å². The fraction of sp³-hybridized carbons (Fsp3) is 0.556. The van der Waals surface area contributed by atoms with Gasteiger partial charge in [0.2, 0.25) is 5.91 Å². The molecule has 0 bridgehead atoms. The zero-order chi connectivity index (χ0) is 16.7. The number of para-hydroxylation sites is 1. The van der Waals surface area contributed by atoms with Crippen molar-refractivity contribution in [3.8, 4) is 0 Å². The maximum Gasteiger partial charge on any atom is 0.309 e. The Labute approximate surface area is 138 Å². The molecule has 1 fully saturated rings. The van der Waals surface area contributed by atoms with Crippen LogP contribution < -0.4 is 5.32 Å². The van der Waals surface area contributed by atoms with Crippen LogP contribution in [0.2, 0.25) is 0 Å². The van der Waals surface area contributed by atoms with Gasteiger partial charge in [0.25, 0.3) is 0 Å². The Morgan fingerprint density at radius 1 is 1.22 bits per heavy atom. The maximum atomic E-state index is 12.3. The van der Waals surface area contributed by atoms with E-state index in [1.54, 1.807) is 0 Å². The van der Waals surface area contributed by atoms with Gasteiger partial charge >= 0.3 is 5.97 Å². The van der Waals surface area contributed by atoms with Gasteiger partial charge in [-0.05, 0) is 37.8 Å². The molecule has 0 atom stereocenters. The third kappa shape index (κ3) is 4.71. The lowest BCUT2D eigenvalue weighted by molar-refractivity contribution is -0.151. The Hall–Kier alpha value is -2.04. The van der Waals surface area contributed by atoms with Gasteiger partial charge in [-0.3, -0.25) is 9.59 Å². The fourth-order valence-electron chi connectivity index (χ4n) is 2.91. The van der Waals surface area contributed by atoms with Gasteiger partial charge in [-0.15, -0.1) is 0 Å². The molecular weight excluding hydrogens is 292 g/mol. The predicted molar refractivity (Wildman–Crippen MR) is 90.2 cm³/mol. The van der Waals surface area contributed by atoms with Gasteiger partial charge in [0, 0.05) is 18.8 Å². The van der Waals surface area contributed by atoms with E-state index in [0.717, 1.165) is 12.1 Å². The lowest BCUT2D eigenvalue weighted by Gasteiger charge is -2.31. The number of nitrogens with one attached hydrogen (secondary N) is 1. The van der Waals surface area contributed by atoms with Crippen LogP contribution in [0, 0.1) is 5.92 Å². The number of benzene rings is 1. The zero-order valence-electron chi connectivity index (χ0n) is 14.0. The molecule has 126 valence electrons. The van der Waals surface area contributed by atoms with E-state index < -0.39 is 0 Å². The minimum Gasteiger partial charge on any atom is -0.466 e. The summed E-state index contributed by atoms with van der Waals surface area (Å²) in [6.45, 7) is 5.87. The summed E-state index contributed by atoms with van der Waals surface area (Å²) >= 11 is 0. The summed E-state index contributed by atoms with van der Waals surface area (Å²) in [5.41, 5.74) is 2.23. The number of carbonyl (C=O) groups is 2. The first-order chi connectivity index (χ1) is 11.2. The van der Waals surface area contributed by atoms with E-state index in [4.69, 9.17) is 4.74 Å². The van der Waals surface area contributed by atoms with Crippen molar-refractivity contribution in [1.29, 1.82) is 0 Å². The van der Waals surface area contributed by atoms with E-state index in [-0.39, 0.29) is 17.8 Å². The van der Waals surface area contributed by atoms with Gasteiger partial charge in [-0.25, -0.2) is 0 Å². The first kappa shape index (κ1) is 17.3. The summed E-state index contributed by atoms with van der Waals surface area (Å²) in [5.74, 6) is -0.111. The van der Waals surface area contributed by atoms with E-state index in [9.17, 15) is 9.59 Å². The Balaban J connectivity index is 1.80. The summed E-state index contributed by atoms with van der Waals surface area (Å²) in [7, 11) is 0. The summed E-state index contributed by atoms with van der Waals surface area (Å²) in [4.78, 5) is 25.9. The standard InChI is InChI=1S/C18H26N2O3/c1-3-14-7-5-6-8-16(14)19-13-17(21)20-11-9-15(10-12-20)18(22)23-4-2/h5-8,15,19H,3-4,9-13H2,1-2H3. The second kappa shape index (κ2) is 8.56. The van der Waals surface area contributed by atoms with Crippen LogP contribution in [-0.4, -0.2) is 43.0 Å². The van der Waals surface area contributed by atoms with E-state index >= 15 is 0 Å². The van der Waals surface area contributed by atoms with Crippen molar-refractivity contribution in [2.75, 3.05) is 31.6 Å². The summed E-state index contributed by atoms with van der Waals surface area (Å²) in [6.07, 6.45) is 2.31. The van der Waals surface area contributed by atoms with Gasteiger partial charge < -0.3 is 15.0 Å². The molecule has 1 N–H and O–H groups in total. The van der Waals surface area contributed by atoms with Crippen molar-refractivity contribution in [1.82, 2.24) is 4.90 Å². The van der Waals surface area contributed by atoms with Crippen LogP contribution in [0.5, 0.6) is 0 Å². The molecule has 2 rings (SSSR count). The van der Waals surface area contributed by atoms with E-state index in [1.807, 2.05) is 30.0 Å². The van der Waals surface area contributed by atoms with Crippen LogP contribution in [0.25, 0.3) is 0 Å². The van der Waals surface area contributed by atoms with Gasteiger partial charge in [-0.1, -0.05) is 25.1 Å². The number of rotatable bonds is 6. The largest absolute Gasteiger partial charge is 0.466 e.